The summed E-state index contributed by atoms with van der Waals surface area (Å²) in [4.78, 5) is 71.2. The topological polar surface area (TPSA) is 175 Å². The number of nitrogens with one attached hydrogen (secondary N) is 4. The number of H-pyrrole nitrogens is 2. The first-order valence-electron chi connectivity index (χ1n) is 19.5. The number of hydrogen-bond donors (Lipinski definition) is 4. The van der Waals surface area contributed by atoms with Gasteiger partial charge in [-0.3, -0.25) is 9.59 Å². The van der Waals surface area contributed by atoms with E-state index in [2.05, 4.69) is 30.6 Å². The summed E-state index contributed by atoms with van der Waals surface area (Å²) in [6.07, 6.45) is 6.30. The van der Waals surface area contributed by atoms with Crippen LogP contribution in [0.3, 0.4) is 0 Å². The zero-order chi connectivity index (χ0) is 41.9. The average Bonchev–Trinajstić information content (AvgIpc) is 4.04. The van der Waals surface area contributed by atoms with Gasteiger partial charge in [0.2, 0.25) is 11.8 Å². The summed E-state index contributed by atoms with van der Waals surface area (Å²) in [6, 6.07) is 10.4. The van der Waals surface area contributed by atoms with Crippen molar-refractivity contribution in [1.29, 1.82) is 0 Å². The fourth-order valence-corrected chi connectivity index (χ4v) is 8.39. The SMILES string of the molecule is COC(=O)N[C@H](C(=O)N1CCC[C@H]1c1ncc(-c2ccc(-c3ccc(-c4cnc([C@@H]5C[C@H](SC)CN5C(=O)[C@@H](NC(=O)OC)C(C)(C)C)[nH]4)cc3F)cc2)[nH]1)C(C)C. The van der Waals surface area contributed by atoms with Gasteiger partial charge in [0, 0.05) is 29.5 Å². The third-order valence-corrected chi connectivity index (χ3v) is 12.0. The van der Waals surface area contributed by atoms with Crippen molar-refractivity contribution in [1.82, 2.24) is 40.4 Å². The van der Waals surface area contributed by atoms with Gasteiger partial charge < -0.3 is 39.9 Å². The highest BCUT2D eigenvalue weighted by Crippen LogP contribution is 2.39. The lowest BCUT2D eigenvalue weighted by atomic mass is 9.85. The summed E-state index contributed by atoms with van der Waals surface area (Å²) in [7, 11) is 2.54. The van der Waals surface area contributed by atoms with Crippen LogP contribution in [0.25, 0.3) is 33.6 Å². The standard InChI is InChI=1S/C42H53FN8O6S/c1-23(2)34(48-40(54)56-6)38(52)50-17-9-10-32(50)36-44-20-30(46-36)25-13-11-24(12-14-25)28-16-15-26(18-29(28)43)31-21-45-37(47-31)33-19-27(58-8)22-51(33)39(53)35(42(3,4)5)49-41(55)57-7/h11-16,18,20-21,23,27,32-35H,9-10,17,19,22H2,1-8H3,(H,44,46)(H,45,47)(H,48,54)(H,49,55)/t27-,32-,33-,34-,35+/m0/s1. The van der Waals surface area contributed by atoms with E-state index in [0.717, 1.165) is 24.1 Å². The van der Waals surface area contributed by atoms with Gasteiger partial charge in [-0.1, -0.05) is 71.0 Å². The highest BCUT2D eigenvalue weighted by molar-refractivity contribution is 7.99. The molecule has 2 saturated heterocycles. The molecule has 0 radical (unpaired) electrons. The second-order valence-electron chi connectivity index (χ2n) is 16.2. The molecule has 2 aromatic carbocycles. The number of carbonyl (C=O) groups excluding carboxylic acids is 4. The lowest BCUT2D eigenvalue weighted by molar-refractivity contribution is -0.137. The number of ether oxygens (including phenoxy) is 2. The monoisotopic (exact) mass is 816 g/mol. The number of benzene rings is 2. The predicted molar refractivity (Wildman–Crippen MR) is 220 cm³/mol. The molecule has 2 fully saturated rings. The number of halogens is 1. The van der Waals surface area contributed by atoms with Gasteiger partial charge in [0.15, 0.2) is 0 Å². The quantitative estimate of drug-likeness (QED) is 0.123. The Labute approximate surface area is 342 Å². The molecule has 4 N–H and O–H groups in total. The van der Waals surface area contributed by atoms with E-state index in [1.54, 1.807) is 40.0 Å². The molecule has 0 bridgehead atoms. The van der Waals surface area contributed by atoms with Crippen molar-refractivity contribution in [2.45, 2.75) is 83.3 Å². The van der Waals surface area contributed by atoms with Gasteiger partial charge in [-0.2, -0.15) is 11.8 Å². The van der Waals surface area contributed by atoms with Gasteiger partial charge in [0.05, 0.1) is 50.1 Å². The van der Waals surface area contributed by atoms with Crippen molar-refractivity contribution in [2.75, 3.05) is 33.6 Å². The molecule has 16 heteroatoms. The molecule has 0 aliphatic carbocycles. The number of methoxy groups -OCH3 is 2. The van der Waals surface area contributed by atoms with Crippen LogP contribution in [0.4, 0.5) is 14.0 Å². The second-order valence-corrected chi connectivity index (χ2v) is 17.4. The van der Waals surface area contributed by atoms with E-state index >= 15 is 4.39 Å². The largest absolute Gasteiger partial charge is 0.453 e. The highest BCUT2D eigenvalue weighted by Gasteiger charge is 2.44. The first-order chi connectivity index (χ1) is 27.6. The van der Waals surface area contributed by atoms with Gasteiger partial charge in [-0.15, -0.1) is 0 Å². The van der Waals surface area contributed by atoms with Crippen LogP contribution >= 0.6 is 11.8 Å². The fraction of sp³-hybridized carbons (Fsp3) is 0.476. The predicted octanol–water partition coefficient (Wildman–Crippen LogP) is 7.09. The number of aromatic nitrogens is 4. The van der Waals surface area contributed by atoms with Crippen molar-refractivity contribution < 1.29 is 33.0 Å². The maximum Gasteiger partial charge on any atom is 0.407 e. The number of rotatable bonds is 11. The molecule has 4 amide bonds. The number of imidazole rings is 2. The normalized spacial score (nSPS) is 19.2. The molecule has 14 nitrogen and oxygen atoms in total. The van der Waals surface area contributed by atoms with Crippen molar-refractivity contribution in [3.05, 3.63) is 72.3 Å². The van der Waals surface area contributed by atoms with Crippen LogP contribution in [-0.2, 0) is 19.1 Å². The number of thioether (sulfide) groups is 1. The summed E-state index contributed by atoms with van der Waals surface area (Å²) < 4.78 is 25.4. The Morgan fingerprint density at radius 1 is 0.845 bits per heavy atom. The molecule has 0 saturated carbocycles. The van der Waals surface area contributed by atoms with Crippen LogP contribution < -0.4 is 10.6 Å². The van der Waals surface area contributed by atoms with Gasteiger partial charge in [-0.05, 0) is 54.0 Å². The third-order valence-electron chi connectivity index (χ3n) is 11.0. The Morgan fingerprint density at radius 3 is 2.02 bits per heavy atom. The van der Waals surface area contributed by atoms with Crippen LogP contribution in [0.1, 0.15) is 77.6 Å². The summed E-state index contributed by atoms with van der Waals surface area (Å²) in [5.74, 6) is 0.323. The van der Waals surface area contributed by atoms with Crippen LogP contribution in [0.15, 0.2) is 54.9 Å². The first kappa shape index (κ1) is 42.2. The zero-order valence-electron chi connectivity index (χ0n) is 34.2. The van der Waals surface area contributed by atoms with E-state index < -0.39 is 35.5 Å². The second kappa shape index (κ2) is 17.6. The molecule has 310 valence electrons. The van der Waals surface area contributed by atoms with Crippen molar-refractivity contribution in [3.63, 3.8) is 0 Å². The van der Waals surface area contributed by atoms with E-state index in [-0.39, 0.29) is 35.1 Å². The van der Waals surface area contributed by atoms with Gasteiger partial charge in [0.1, 0.15) is 29.5 Å². The summed E-state index contributed by atoms with van der Waals surface area (Å²) in [5, 5.41) is 5.57. The highest BCUT2D eigenvalue weighted by atomic mass is 32.2. The van der Waals surface area contributed by atoms with E-state index in [1.807, 2.05) is 71.2 Å². The average molecular weight is 817 g/mol. The van der Waals surface area contributed by atoms with Crippen molar-refractivity contribution >= 4 is 35.8 Å². The van der Waals surface area contributed by atoms with E-state index in [0.29, 0.717) is 53.5 Å². The summed E-state index contributed by atoms with van der Waals surface area (Å²) >= 11 is 1.68. The number of likely N-dealkylation sites (tertiary alicyclic amines) is 2. The number of nitrogens with zero attached hydrogens (tertiary/aromatic N) is 4. The summed E-state index contributed by atoms with van der Waals surface area (Å²) in [6.45, 7) is 10.5. The number of amides is 4. The molecule has 58 heavy (non-hydrogen) atoms. The molecular weight excluding hydrogens is 764 g/mol. The van der Waals surface area contributed by atoms with E-state index in [9.17, 15) is 19.2 Å². The van der Waals surface area contributed by atoms with Crippen molar-refractivity contribution in [3.8, 4) is 33.6 Å². The zero-order valence-corrected chi connectivity index (χ0v) is 35.0. The Kier molecular flexibility index (Phi) is 12.8. The van der Waals surface area contributed by atoms with E-state index in [4.69, 9.17) is 9.47 Å². The number of alkyl carbamates (subject to hydrolysis) is 2. The van der Waals surface area contributed by atoms with Crippen LogP contribution in [-0.4, -0.2) is 105 Å². The Hall–Kier alpha value is -5.38. The molecule has 2 aromatic heterocycles. The Morgan fingerprint density at radius 2 is 1.43 bits per heavy atom. The molecule has 0 spiro atoms. The maximum absolute atomic E-state index is 15.8. The number of hydrogen-bond acceptors (Lipinski definition) is 9. The van der Waals surface area contributed by atoms with Crippen LogP contribution in [0.5, 0.6) is 0 Å². The van der Waals surface area contributed by atoms with Crippen LogP contribution in [0, 0.1) is 17.2 Å². The Bertz CT molecular complexity index is 2110. The van der Waals surface area contributed by atoms with Crippen molar-refractivity contribution in [2.24, 2.45) is 11.3 Å². The van der Waals surface area contributed by atoms with Gasteiger partial charge in [0.25, 0.3) is 0 Å². The molecule has 4 aromatic rings. The molecule has 2 aliphatic heterocycles. The number of carbonyl (C=O) groups is 4. The first-order valence-corrected chi connectivity index (χ1v) is 20.8. The van der Waals surface area contributed by atoms with Gasteiger partial charge >= 0.3 is 12.2 Å². The molecular formula is C42H53FN8O6S. The van der Waals surface area contributed by atoms with Gasteiger partial charge in [-0.25, -0.2) is 23.9 Å². The van der Waals surface area contributed by atoms with E-state index in [1.165, 1.54) is 20.3 Å². The lowest BCUT2D eigenvalue weighted by Gasteiger charge is -2.35. The summed E-state index contributed by atoms with van der Waals surface area (Å²) in [5.41, 5.74) is 3.40. The minimum absolute atomic E-state index is 0.135. The fourth-order valence-electron chi connectivity index (χ4n) is 7.71. The maximum atomic E-state index is 15.8. The third kappa shape index (κ3) is 9.01. The Balaban J connectivity index is 1.15. The minimum atomic E-state index is -0.813. The molecule has 2 aliphatic rings. The molecule has 4 heterocycles. The molecule has 0 unspecified atom stereocenters. The van der Waals surface area contributed by atoms with Crippen LogP contribution in [0.2, 0.25) is 0 Å². The lowest BCUT2D eigenvalue weighted by Crippen LogP contribution is -2.54. The smallest absolute Gasteiger partial charge is 0.407 e. The molecule has 6 rings (SSSR count). The minimum Gasteiger partial charge on any atom is -0.453 e. The molecule has 5 atom stereocenters. The number of aromatic amines is 2.